The normalized spacial score (nSPS) is 31.5. The Balaban J connectivity index is 2.48. The molecule has 2 nitrogen and oxygen atoms in total. The largest absolute Gasteiger partial charge is 0.330 e. The Morgan fingerprint density at radius 1 is 1.33 bits per heavy atom. The number of nitrogens with two attached hydrogens (primary N) is 1. The molecule has 0 aliphatic carbocycles. The van der Waals surface area contributed by atoms with Gasteiger partial charge in [0.2, 0.25) is 0 Å². The Labute approximate surface area is 75.9 Å². The van der Waals surface area contributed by atoms with Crippen molar-refractivity contribution in [3.8, 4) is 0 Å². The SMILES string of the molecule is CCC1(CCN)CCCNCC1. The predicted molar refractivity (Wildman–Crippen MR) is 53.1 cm³/mol. The summed E-state index contributed by atoms with van der Waals surface area (Å²) < 4.78 is 0. The summed E-state index contributed by atoms with van der Waals surface area (Å²) in [6.07, 6.45) is 6.53. The zero-order chi connectivity index (χ0) is 8.86. The fourth-order valence-electron chi connectivity index (χ4n) is 2.28. The summed E-state index contributed by atoms with van der Waals surface area (Å²) in [6, 6.07) is 0. The molecule has 1 saturated heterocycles. The van der Waals surface area contributed by atoms with E-state index in [9.17, 15) is 0 Å². The molecule has 1 heterocycles. The average molecular weight is 170 g/mol. The van der Waals surface area contributed by atoms with E-state index in [1.54, 1.807) is 0 Å². The smallest absolute Gasteiger partial charge is 0.00436 e. The molecule has 1 aliphatic rings. The van der Waals surface area contributed by atoms with Gasteiger partial charge in [-0.05, 0) is 50.7 Å². The van der Waals surface area contributed by atoms with E-state index in [1.165, 1.54) is 45.2 Å². The first kappa shape index (κ1) is 10.0. The molecule has 0 spiro atoms. The summed E-state index contributed by atoms with van der Waals surface area (Å²) >= 11 is 0. The fourth-order valence-corrected chi connectivity index (χ4v) is 2.28. The minimum Gasteiger partial charge on any atom is -0.330 e. The maximum atomic E-state index is 5.65. The maximum absolute atomic E-state index is 5.65. The summed E-state index contributed by atoms with van der Waals surface area (Å²) in [7, 11) is 0. The Morgan fingerprint density at radius 2 is 2.17 bits per heavy atom. The molecule has 0 radical (unpaired) electrons. The van der Waals surface area contributed by atoms with Gasteiger partial charge in [0.25, 0.3) is 0 Å². The molecule has 0 aromatic rings. The van der Waals surface area contributed by atoms with Gasteiger partial charge >= 0.3 is 0 Å². The highest BCUT2D eigenvalue weighted by Gasteiger charge is 2.27. The van der Waals surface area contributed by atoms with Gasteiger partial charge in [-0.1, -0.05) is 13.3 Å². The van der Waals surface area contributed by atoms with Crippen LogP contribution in [0.4, 0.5) is 0 Å². The van der Waals surface area contributed by atoms with Crippen molar-refractivity contribution < 1.29 is 0 Å². The van der Waals surface area contributed by atoms with Crippen LogP contribution in [-0.4, -0.2) is 19.6 Å². The van der Waals surface area contributed by atoms with Crippen molar-refractivity contribution in [2.24, 2.45) is 11.1 Å². The molecule has 3 N–H and O–H groups in total. The third kappa shape index (κ3) is 2.46. The van der Waals surface area contributed by atoms with Crippen LogP contribution in [0.1, 0.15) is 39.0 Å². The van der Waals surface area contributed by atoms with Crippen molar-refractivity contribution in [2.45, 2.75) is 39.0 Å². The standard InChI is InChI=1S/C10H22N2/c1-2-10(5-7-11)4-3-8-12-9-6-10/h12H,2-9,11H2,1H3. The highest BCUT2D eigenvalue weighted by molar-refractivity contribution is 4.81. The second-order valence-corrected chi connectivity index (χ2v) is 4.00. The molecule has 1 aliphatic heterocycles. The lowest BCUT2D eigenvalue weighted by molar-refractivity contribution is 0.223. The van der Waals surface area contributed by atoms with Crippen LogP contribution in [0.2, 0.25) is 0 Å². The maximum Gasteiger partial charge on any atom is -0.00436 e. The van der Waals surface area contributed by atoms with Crippen molar-refractivity contribution >= 4 is 0 Å². The Morgan fingerprint density at radius 3 is 2.83 bits per heavy atom. The summed E-state index contributed by atoms with van der Waals surface area (Å²) in [6.45, 7) is 5.55. The lowest BCUT2D eigenvalue weighted by atomic mass is 9.75. The summed E-state index contributed by atoms with van der Waals surface area (Å²) in [5.74, 6) is 0. The monoisotopic (exact) mass is 170 g/mol. The van der Waals surface area contributed by atoms with Gasteiger partial charge in [-0.25, -0.2) is 0 Å². The van der Waals surface area contributed by atoms with Crippen LogP contribution in [0.5, 0.6) is 0 Å². The van der Waals surface area contributed by atoms with Crippen LogP contribution < -0.4 is 11.1 Å². The summed E-state index contributed by atoms with van der Waals surface area (Å²) in [4.78, 5) is 0. The third-order valence-corrected chi connectivity index (χ3v) is 3.32. The van der Waals surface area contributed by atoms with Crippen LogP contribution in [-0.2, 0) is 0 Å². The van der Waals surface area contributed by atoms with Crippen molar-refractivity contribution in [3.63, 3.8) is 0 Å². The molecule has 1 rings (SSSR count). The van der Waals surface area contributed by atoms with Gasteiger partial charge in [0, 0.05) is 0 Å². The van der Waals surface area contributed by atoms with Gasteiger partial charge in [-0.2, -0.15) is 0 Å². The van der Waals surface area contributed by atoms with Crippen LogP contribution in [0.3, 0.4) is 0 Å². The van der Waals surface area contributed by atoms with E-state index >= 15 is 0 Å². The van der Waals surface area contributed by atoms with E-state index in [-0.39, 0.29) is 0 Å². The minimum absolute atomic E-state index is 0.568. The number of hydrogen-bond acceptors (Lipinski definition) is 2. The molecule has 72 valence electrons. The van der Waals surface area contributed by atoms with Crippen LogP contribution in [0.25, 0.3) is 0 Å². The summed E-state index contributed by atoms with van der Waals surface area (Å²) in [5.41, 5.74) is 6.22. The van der Waals surface area contributed by atoms with Crippen molar-refractivity contribution in [1.82, 2.24) is 5.32 Å². The van der Waals surface area contributed by atoms with Crippen LogP contribution in [0, 0.1) is 5.41 Å². The van der Waals surface area contributed by atoms with Gasteiger partial charge in [0.15, 0.2) is 0 Å². The van der Waals surface area contributed by atoms with Gasteiger partial charge in [0.05, 0.1) is 0 Å². The quantitative estimate of drug-likeness (QED) is 0.673. The Kier molecular flexibility index (Phi) is 4.02. The second-order valence-electron chi connectivity index (χ2n) is 4.00. The molecule has 0 saturated carbocycles. The number of rotatable bonds is 3. The molecular formula is C10H22N2. The van der Waals surface area contributed by atoms with E-state index in [4.69, 9.17) is 5.73 Å². The van der Waals surface area contributed by atoms with Crippen molar-refractivity contribution in [1.29, 1.82) is 0 Å². The van der Waals surface area contributed by atoms with E-state index in [0.29, 0.717) is 5.41 Å². The molecule has 2 heteroatoms. The van der Waals surface area contributed by atoms with E-state index in [2.05, 4.69) is 12.2 Å². The molecule has 1 atom stereocenters. The van der Waals surface area contributed by atoms with Gasteiger partial charge in [0.1, 0.15) is 0 Å². The Bertz CT molecular complexity index is 115. The highest BCUT2D eigenvalue weighted by Crippen LogP contribution is 2.36. The fraction of sp³-hybridized carbons (Fsp3) is 1.00. The molecule has 0 bridgehead atoms. The first-order valence-electron chi connectivity index (χ1n) is 5.24. The zero-order valence-corrected chi connectivity index (χ0v) is 8.23. The van der Waals surface area contributed by atoms with Gasteiger partial charge in [-0.3, -0.25) is 0 Å². The number of hydrogen-bond donors (Lipinski definition) is 2. The first-order valence-corrected chi connectivity index (χ1v) is 5.24. The highest BCUT2D eigenvalue weighted by atomic mass is 14.9. The Hall–Kier alpha value is -0.0800. The molecule has 1 fully saturated rings. The van der Waals surface area contributed by atoms with Gasteiger partial charge < -0.3 is 11.1 Å². The average Bonchev–Trinajstić information content (AvgIpc) is 2.32. The van der Waals surface area contributed by atoms with Gasteiger partial charge in [-0.15, -0.1) is 0 Å². The van der Waals surface area contributed by atoms with Crippen LogP contribution >= 0.6 is 0 Å². The third-order valence-electron chi connectivity index (χ3n) is 3.32. The van der Waals surface area contributed by atoms with E-state index in [1.807, 2.05) is 0 Å². The number of nitrogens with one attached hydrogen (secondary N) is 1. The topological polar surface area (TPSA) is 38.0 Å². The molecule has 1 unspecified atom stereocenters. The molecule has 0 aromatic heterocycles. The van der Waals surface area contributed by atoms with Crippen molar-refractivity contribution in [2.75, 3.05) is 19.6 Å². The predicted octanol–water partition coefficient (Wildman–Crippen LogP) is 1.51. The second kappa shape index (κ2) is 4.83. The lowest BCUT2D eigenvalue weighted by Gasteiger charge is -2.30. The molecule has 12 heavy (non-hydrogen) atoms. The van der Waals surface area contributed by atoms with Crippen molar-refractivity contribution in [3.05, 3.63) is 0 Å². The zero-order valence-electron chi connectivity index (χ0n) is 8.23. The van der Waals surface area contributed by atoms with E-state index in [0.717, 1.165) is 6.54 Å². The molecule has 0 aromatic carbocycles. The lowest BCUT2D eigenvalue weighted by Crippen LogP contribution is -2.25. The molecule has 0 amide bonds. The summed E-state index contributed by atoms with van der Waals surface area (Å²) in [5, 5.41) is 3.45. The van der Waals surface area contributed by atoms with E-state index < -0.39 is 0 Å². The first-order chi connectivity index (χ1) is 5.83. The van der Waals surface area contributed by atoms with Crippen LogP contribution in [0.15, 0.2) is 0 Å². The molecular weight excluding hydrogens is 148 g/mol. The minimum atomic E-state index is 0.568.